The van der Waals surface area contributed by atoms with Crippen LogP contribution in [0.1, 0.15) is 31.2 Å². The third-order valence-corrected chi connectivity index (χ3v) is 7.30. The summed E-state index contributed by atoms with van der Waals surface area (Å²) >= 11 is 1.59. The number of hydrogen-bond donors (Lipinski definition) is 1. The van der Waals surface area contributed by atoms with Crippen molar-refractivity contribution in [3.05, 3.63) is 54.1 Å². The average molecular weight is 394 g/mol. The highest BCUT2D eigenvalue weighted by atomic mass is 32.1. The molecule has 0 radical (unpaired) electrons. The van der Waals surface area contributed by atoms with Crippen LogP contribution in [-0.4, -0.2) is 36.1 Å². The maximum Gasteiger partial charge on any atom is 0.279 e. The summed E-state index contributed by atoms with van der Waals surface area (Å²) in [5, 5.41) is 4.21. The van der Waals surface area contributed by atoms with E-state index >= 15 is 0 Å². The van der Waals surface area contributed by atoms with Gasteiger partial charge in [-0.05, 0) is 87.1 Å². The number of rotatable bonds is 4. The van der Waals surface area contributed by atoms with Crippen LogP contribution in [0.3, 0.4) is 0 Å². The van der Waals surface area contributed by atoms with E-state index < -0.39 is 0 Å². The van der Waals surface area contributed by atoms with Gasteiger partial charge in [-0.1, -0.05) is 35.6 Å². The molecule has 2 fully saturated rings. The van der Waals surface area contributed by atoms with E-state index in [0.29, 0.717) is 10.6 Å². The molecule has 1 N–H and O–H groups in total. The number of thiazole rings is 1. The number of aromatic nitrogens is 1. The van der Waals surface area contributed by atoms with Crippen LogP contribution in [0.2, 0.25) is 0 Å². The van der Waals surface area contributed by atoms with Crippen LogP contribution in [-0.2, 0) is 6.54 Å². The third kappa shape index (κ3) is 3.93. The molecule has 0 bridgehead atoms. The Morgan fingerprint density at radius 2 is 1.71 bits per heavy atom. The normalized spacial score (nSPS) is 19.9. The van der Waals surface area contributed by atoms with Gasteiger partial charge in [-0.2, -0.15) is 0 Å². The third-order valence-electron chi connectivity index (χ3n) is 6.39. The molecule has 0 aliphatic carbocycles. The van der Waals surface area contributed by atoms with Gasteiger partial charge in [-0.3, -0.25) is 4.90 Å². The van der Waals surface area contributed by atoms with Gasteiger partial charge in [-0.25, -0.2) is 4.98 Å². The van der Waals surface area contributed by atoms with Gasteiger partial charge >= 0.3 is 0 Å². The highest BCUT2D eigenvalue weighted by Crippen LogP contribution is 2.39. The van der Waals surface area contributed by atoms with E-state index in [1.165, 1.54) is 57.4 Å². The molecule has 0 unspecified atom stereocenters. The summed E-state index contributed by atoms with van der Waals surface area (Å²) in [5.41, 5.74) is 2.98. The van der Waals surface area contributed by atoms with E-state index in [1.54, 1.807) is 11.3 Å². The minimum Gasteiger partial charge on any atom is -0.431 e. The Balaban J connectivity index is 1.17. The SMILES string of the molecule is c1ccc2sc(Oc3ccc(CN4CCC5(CCNCC5)CC4)cc3)nc2c1. The van der Waals surface area contributed by atoms with Crippen LogP contribution in [0.5, 0.6) is 10.9 Å². The van der Waals surface area contributed by atoms with E-state index in [-0.39, 0.29) is 0 Å². The minimum absolute atomic E-state index is 0.622. The van der Waals surface area contributed by atoms with Gasteiger partial charge in [0.25, 0.3) is 5.19 Å². The van der Waals surface area contributed by atoms with Crippen LogP contribution < -0.4 is 10.1 Å². The Bertz CT molecular complexity index is 887. The second-order valence-corrected chi connectivity index (χ2v) is 9.21. The van der Waals surface area contributed by atoms with E-state index in [1.807, 2.05) is 18.2 Å². The number of nitrogens with zero attached hydrogens (tertiary/aromatic N) is 2. The topological polar surface area (TPSA) is 37.4 Å². The maximum absolute atomic E-state index is 5.97. The van der Waals surface area contributed by atoms with Crippen molar-refractivity contribution in [2.75, 3.05) is 26.2 Å². The first-order valence-electron chi connectivity index (χ1n) is 10.3. The van der Waals surface area contributed by atoms with Crippen LogP contribution >= 0.6 is 11.3 Å². The number of nitrogens with one attached hydrogen (secondary N) is 1. The lowest BCUT2D eigenvalue weighted by Crippen LogP contribution is -2.45. The molecule has 4 nitrogen and oxygen atoms in total. The molecule has 3 aromatic rings. The van der Waals surface area contributed by atoms with E-state index in [2.05, 4.69) is 45.5 Å². The number of piperidine rings is 2. The summed E-state index contributed by atoms with van der Waals surface area (Å²) < 4.78 is 7.13. The zero-order valence-corrected chi connectivity index (χ0v) is 17.0. The zero-order chi connectivity index (χ0) is 18.8. The van der Waals surface area contributed by atoms with Crippen molar-refractivity contribution in [3.8, 4) is 10.9 Å². The van der Waals surface area contributed by atoms with Crippen molar-refractivity contribution in [1.82, 2.24) is 15.2 Å². The van der Waals surface area contributed by atoms with Gasteiger partial charge in [-0.15, -0.1) is 0 Å². The summed E-state index contributed by atoms with van der Waals surface area (Å²) in [6.45, 7) is 5.90. The van der Waals surface area contributed by atoms with Crippen LogP contribution in [0.25, 0.3) is 10.2 Å². The fourth-order valence-electron chi connectivity index (χ4n) is 4.56. The highest BCUT2D eigenvalue weighted by molar-refractivity contribution is 7.20. The molecule has 2 aliphatic heterocycles. The zero-order valence-electron chi connectivity index (χ0n) is 16.2. The second kappa shape index (κ2) is 7.82. The van der Waals surface area contributed by atoms with Gasteiger partial charge in [0.2, 0.25) is 0 Å². The molecule has 2 saturated heterocycles. The second-order valence-electron chi connectivity index (χ2n) is 8.22. The maximum atomic E-state index is 5.97. The van der Waals surface area contributed by atoms with Crippen molar-refractivity contribution in [3.63, 3.8) is 0 Å². The summed E-state index contributed by atoms with van der Waals surface area (Å²) in [7, 11) is 0. The Morgan fingerprint density at radius 3 is 2.46 bits per heavy atom. The van der Waals surface area contributed by atoms with E-state index in [9.17, 15) is 0 Å². The van der Waals surface area contributed by atoms with Gasteiger partial charge in [0.05, 0.1) is 10.2 Å². The number of para-hydroxylation sites is 1. The lowest BCUT2D eigenvalue weighted by atomic mass is 9.71. The standard InChI is InChI=1S/C23H27N3OS/c1-2-4-21-20(3-1)25-22(28-21)27-19-7-5-18(6-8-19)17-26-15-11-23(12-16-26)9-13-24-14-10-23/h1-8,24H,9-17H2. The van der Waals surface area contributed by atoms with Crippen LogP contribution in [0.4, 0.5) is 0 Å². The van der Waals surface area contributed by atoms with Crippen molar-refractivity contribution in [1.29, 1.82) is 0 Å². The minimum atomic E-state index is 0.622. The molecular weight excluding hydrogens is 366 g/mol. The Kier molecular flexibility index (Phi) is 5.05. The van der Waals surface area contributed by atoms with Crippen molar-refractivity contribution < 1.29 is 4.74 Å². The Labute approximate surface area is 170 Å². The quantitative estimate of drug-likeness (QED) is 0.673. The lowest BCUT2D eigenvalue weighted by Gasteiger charge is -2.44. The number of fused-ring (bicyclic) bond motifs is 1. The number of benzene rings is 2. The summed E-state index contributed by atoms with van der Waals surface area (Å²) in [5.74, 6) is 0.857. The fourth-order valence-corrected chi connectivity index (χ4v) is 5.39. The molecule has 0 saturated carbocycles. The Hall–Kier alpha value is -1.95. The van der Waals surface area contributed by atoms with E-state index in [4.69, 9.17) is 4.74 Å². The van der Waals surface area contributed by atoms with Gasteiger partial charge in [0.15, 0.2) is 0 Å². The summed E-state index contributed by atoms with van der Waals surface area (Å²) in [6, 6.07) is 16.7. The van der Waals surface area contributed by atoms with Gasteiger partial charge < -0.3 is 10.1 Å². The average Bonchev–Trinajstić information content (AvgIpc) is 3.14. The monoisotopic (exact) mass is 393 g/mol. The van der Waals surface area contributed by atoms with Crippen molar-refractivity contribution >= 4 is 21.6 Å². The highest BCUT2D eigenvalue weighted by Gasteiger charge is 2.35. The van der Waals surface area contributed by atoms with Gasteiger partial charge in [0, 0.05) is 6.54 Å². The predicted octanol–water partition coefficient (Wildman–Crippen LogP) is 5.05. The van der Waals surface area contributed by atoms with Crippen LogP contribution in [0, 0.1) is 5.41 Å². The molecule has 3 heterocycles. The first-order valence-corrected chi connectivity index (χ1v) is 11.2. The fraction of sp³-hybridized carbons (Fsp3) is 0.435. The number of ether oxygens (including phenoxy) is 1. The number of hydrogen-bond acceptors (Lipinski definition) is 5. The van der Waals surface area contributed by atoms with E-state index in [0.717, 1.165) is 22.5 Å². The first kappa shape index (κ1) is 18.1. The molecule has 1 spiro atoms. The summed E-state index contributed by atoms with van der Waals surface area (Å²) in [6.07, 6.45) is 5.43. The smallest absolute Gasteiger partial charge is 0.279 e. The molecule has 5 heteroatoms. The molecule has 1 aromatic heterocycles. The Morgan fingerprint density at radius 1 is 0.964 bits per heavy atom. The molecule has 5 rings (SSSR count). The predicted molar refractivity (Wildman–Crippen MR) is 115 cm³/mol. The van der Waals surface area contributed by atoms with Crippen molar-refractivity contribution in [2.24, 2.45) is 5.41 Å². The lowest BCUT2D eigenvalue weighted by molar-refractivity contribution is 0.0701. The molecule has 28 heavy (non-hydrogen) atoms. The van der Waals surface area contributed by atoms with Gasteiger partial charge in [0.1, 0.15) is 5.75 Å². The number of likely N-dealkylation sites (tertiary alicyclic amines) is 1. The molecule has 2 aromatic carbocycles. The molecule has 146 valence electrons. The summed E-state index contributed by atoms with van der Waals surface area (Å²) in [4.78, 5) is 7.16. The molecule has 0 atom stereocenters. The van der Waals surface area contributed by atoms with Crippen LogP contribution in [0.15, 0.2) is 48.5 Å². The first-order chi connectivity index (χ1) is 13.8. The molecule has 2 aliphatic rings. The largest absolute Gasteiger partial charge is 0.431 e. The molecule has 0 amide bonds. The molecular formula is C23H27N3OS. The van der Waals surface area contributed by atoms with Crippen molar-refractivity contribution in [2.45, 2.75) is 32.2 Å².